The molecule has 16 atom stereocenters. The third kappa shape index (κ3) is 9.69. The van der Waals surface area contributed by atoms with Crippen molar-refractivity contribution < 1.29 is 45.0 Å². The summed E-state index contributed by atoms with van der Waals surface area (Å²) in [6, 6.07) is 20.0. The minimum Gasteiger partial charge on any atom is -0.504 e. The van der Waals surface area contributed by atoms with Crippen LogP contribution in [0.4, 0.5) is 0 Å². The number of aromatic amines is 1. The van der Waals surface area contributed by atoms with Crippen molar-refractivity contribution in [1.82, 2.24) is 20.9 Å². The van der Waals surface area contributed by atoms with Crippen molar-refractivity contribution >= 4 is 22.3 Å². The van der Waals surface area contributed by atoms with E-state index in [1.807, 2.05) is 24.4 Å². The zero-order valence-corrected chi connectivity index (χ0v) is 43.8. The molecule has 4 fully saturated rings. The molecule has 3 saturated carbocycles. The number of phenolic OH excluding ortho intramolecular Hbond substituents is 1. The topological polar surface area (TPSA) is 243 Å². The number of dihydropyridines is 1. The summed E-state index contributed by atoms with van der Waals surface area (Å²) in [5.41, 5.74) is 10.6. The molecular weight excluding hydrogens is 959 g/mol. The predicted molar refractivity (Wildman–Crippen MR) is 290 cm³/mol. The Balaban J connectivity index is 0.917. The third-order valence-electron chi connectivity index (χ3n) is 19.6. The lowest BCUT2D eigenvalue weighted by atomic mass is 9.43. The average Bonchev–Trinajstić information content (AvgIpc) is 3.92. The largest absolute Gasteiger partial charge is 0.504 e. The van der Waals surface area contributed by atoms with Crippen LogP contribution in [0.3, 0.4) is 0 Å². The van der Waals surface area contributed by atoms with Gasteiger partial charge in [-0.15, -0.1) is 0 Å². The first-order chi connectivity index (χ1) is 36.8. The summed E-state index contributed by atoms with van der Waals surface area (Å²) in [6.07, 6.45) is 4.60. The van der Waals surface area contributed by atoms with E-state index >= 15 is 4.79 Å². The van der Waals surface area contributed by atoms with E-state index in [9.17, 15) is 35.4 Å². The van der Waals surface area contributed by atoms with E-state index < -0.39 is 35.9 Å². The van der Waals surface area contributed by atoms with Gasteiger partial charge in [0.05, 0.1) is 31.2 Å². The molecule has 2 aliphatic heterocycles. The van der Waals surface area contributed by atoms with E-state index in [0.717, 1.165) is 47.1 Å². The molecule has 12 N–H and O–H groups in total. The Labute approximate surface area is 446 Å². The van der Waals surface area contributed by atoms with Crippen LogP contribution in [0, 0.1) is 58.7 Å². The summed E-state index contributed by atoms with van der Waals surface area (Å²) in [5.74, 6) is 7.91. The Hall–Kier alpha value is -5.50. The predicted octanol–water partition coefficient (Wildman–Crippen LogP) is 5.87. The van der Waals surface area contributed by atoms with E-state index in [-0.39, 0.29) is 115 Å². The van der Waals surface area contributed by atoms with Crippen molar-refractivity contribution in [2.75, 3.05) is 33.3 Å². The summed E-state index contributed by atoms with van der Waals surface area (Å²) >= 11 is 0. The Morgan fingerprint density at radius 2 is 1.78 bits per heavy atom. The number of H-pyrrole nitrogens is 1. The summed E-state index contributed by atoms with van der Waals surface area (Å²) in [7, 11) is 1.48. The molecule has 404 valence electrons. The second kappa shape index (κ2) is 21.7. The number of aryl methyl sites for hydroxylation is 1. The first kappa shape index (κ1) is 52.5. The number of carbonyl (C=O) groups is 2. The number of nitrogens with one attached hydrogen (secondary N) is 4. The standard InChI is InChI=1S/C62H77N5O9/c1-3-64-31-47-57(41(11-13-56(74)75)46-32-67-48-28-40(68)27-45-42-17-21-66-61(42)60(47)59(46)58(45)48)39-15-19-62(54(73)25-39)18-14-37(44-30-51(71)52(76-2)24-36(44)10-12-53(62)72)23-49(69)50(70)29-43(38-16-20-65-55(63)26-38)35-9-8-33-6-4-5-7-34(33)22-35/h4-9,16-17,21-22,24,26,30,37,39,41,43,45-50,54,56-60,64-67,69-71,73-75H,3,10-13,15,19-20,23,25,27-29,31-32,63H2,1-2H3. The van der Waals surface area contributed by atoms with Gasteiger partial charge in [-0.2, -0.15) is 0 Å². The number of carbonyl (C=O) groups excluding carboxylic acids is 2. The van der Waals surface area contributed by atoms with Crippen LogP contribution in [-0.2, 0) is 16.0 Å². The van der Waals surface area contributed by atoms with Gasteiger partial charge in [-0.25, -0.2) is 0 Å². The van der Waals surface area contributed by atoms with E-state index in [1.54, 1.807) is 12.1 Å². The minimum atomic E-state index is -1.46. The van der Waals surface area contributed by atoms with Gasteiger partial charge in [0.2, 0.25) is 0 Å². The van der Waals surface area contributed by atoms with E-state index in [4.69, 9.17) is 10.5 Å². The Kier molecular flexibility index (Phi) is 15.0. The van der Waals surface area contributed by atoms with Gasteiger partial charge >= 0.3 is 0 Å². The number of rotatable bonds is 15. The molecule has 14 heteroatoms. The van der Waals surface area contributed by atoms with Crippen LogP contribution in [0.25, 0.3) is 10.8 Å². The fraction of sp³-hybridized carbons (Fsp3) is 0.548. The normalized spacial score (nSPS) is 32.9. The average molecular weight is 1040 g/mol. The molecular formula is C62H77N5O9. The molecule has 0 radical (unpaired) electrons. The molecule has 16 unspecified atom stereocenters. The number of aliphatic hydroxyl groups excluding tert-OH is 4. The second-order valence-electron chi connectivity index (χ2n) is 23.5. The Morgan fingerprint density at radius 3 is 2.55 bits per heavy atom. The zero-order chi connectivity index (χ0) is 53.0. The molecule has 14 nitrogen and oxygen atoms in total. The number of aromatic nitrogens is 1. The van der Waals surface area contributed by atoms with Crippen molar-refractivity contribution in [3.05, 3.63) is 118 Å². The number of ketones is 2. The lowest BCUT2D eigenvalue weighted by molar-refractivity contribution is -0.142. The number of fused-ring (bicyclic) bond motifs is 5. The van der Waals surface area contributed by atoms with Gasteiger partial charge in [0.15, 0.2) is 23.6 Å². The number of Topliss-reactive ketones (excluding diaryl/α,β-unsaturated/α-hetero) is 2. The highest BCUT2D eigenvalue weighted by Crippen LogP contribution is 2.65. The molecule has 1 aromatic heterocycles. The molecule has 3 heterocycles. The van der Waals surface area contributed by atoms with Gasteiger partial charge in [-0.05, 0) is 181 Å². The molecule has 0 bridgehead atoms. The number of nitrogens with two attached hydrogens (primary N) is 1. The van der Waals surface area contributed by atoms with Crippen LogP contribution in [-0.4, -0.2) is 111 Å². The smallest absolute Gasteiger partial charge is 0.160 e. The number of aliphatic hydroxyl groups is 5. The number of methoxy groups -OCH3 is 1. The molecule has 4 aromatic rings. The number of benzene rings is 3. The van der Waals surface area contributed by atoms with Crippen molar-refractivity contribution in [1.29, 1.82) is 0 Å². The molecule has 7 aliphatic rings. The number of phenols is 1. The van der Waals surface area contributed by atoms with Gasteiger partial charge in [0.25, 0.3) is 0 Å². The maximum Gasteiger partial charge on any atom is 0.160 e. The van der Waals surface area contributed by atoms with Crippen LogP contribution >= 0.6 is 0 Å². The van der Waals surface area contributed by atoms with Crippen LogP contribution in [0.2, 0.25) is 0 Å². The van der Waals surface area contributed by atoms with Gasteiger partial charge in [-0.3, -0.25) is 9.59 Å². The highest BCUT2D eigenvalue weighted by Gasteiger charge is 2.63. The van der Waals surface area contributed by atoms with Gasteiger partial charge in [0.1, 0.15) is 11.2 Å². The number of piperidine rings is 1. The molecule has 11 rings (SSSR count). The van der Waals surface area contributed by atoms with Crippen molar-refractivity contribution in [2.24, 2.45) is 52.6 Å². The number of ether oxygens (including phenoxy) is 1. The zero-order valence-electron chi connectivity index (χ0n) is 43.8. The first-order valence-electron chi connectivity index (χ1n) is 28.2. The molecule has 5 aliphatic carbocycles. The van der Waals surface area contributed by atoms with Crippen molar-refractivity contribution in [3.8, 4) is 23.3 Å². The van der Waals surface area contributed by atoms with Crippen LogP contribution in [0.5, 0.6) is 11.5 Å². The van der Waals surface area contributed by atoms with Crippen molar-refractivity contribution in [2.45, 2.75) is 132 Å². The SMILES string of the molecule is CCNCC1C2c3[nH]ccc3C3CC(=O)CC4NCC(C(CCC(O)O)C1C1CCC5(C#CC(CC(O)C(O)CC(C6=CCNC(N)=C6)c6ccc7ccccc7c6)c6cc(O)c(OC)cc6CCC5=O)C(O)C1)C2C43. The minimum absolute atomic E-state index is 0.0128. The van der Waals surface area contributed by atoms with E-state index in [1.165, 1.54) is 18.4 Å². The fourth-order valence-corrected chi connectivity index (χ4v) is 16.3. The van der Waals surface area contributed by atoms with Gasteiger partial charge in [-0.1, -0.05) is 67.3 Å². The third-order valence-corrected chi connectivity index (χ3v) is 19.6. The number of hydrogen-bond donors (Lipinski definition) is 11. The molecule has 76 heavy (non-hydrogen) atoms. The highest BCUT2D eigenvalue weighted by molar-refractivity contribution is 5.89. The number of hydrogen-bond acceptors (Lipinski definition) is 13. The van der Waals surface area contributed by atoms with Crippen LogP contribution in [0.1, 0.15) is 123 Å². The summed E-state index contributed by atoms with van der Waals surface area (Å²) in [6.45, 7) is 4.89. The van der Waals surface area contributed by atoms with Crippen LogP contribution in [0.15, 0.2) is 90.4 Å². The maximum atomic E-state index is 15.0. The first-order valence-corrected chi connectivity index (χ1v) is 28.2. The monoisotopic (exact) mass is 1040 g/mol. The number of allylic oxidation sites excluding steroid dienone is 2. The van der Waals surface area contributed by atoms with E-state index in [0.29, 0.717) is 62.2 Å². The highest BCUT2D eigenvalue weighted by atomic mass is 16.5. The van der Waals surface area contributed by atoms with Crippen LogP contribution < -0.4 is 26.4 Å². The Bertz CT molecular complexity index is 2940. The van der Waals surface area contributed by atoms with Gasteiger partial charge in [0, 0.05) is 61.5 Å². The summed E-state index contributed by atoms with van der Waals surface area (Å²) in [5, 5.41) is 82.2. The lowest BCUT2D eigenvalue weighted by Gasteiger charge is -2.64. The Morgan fingerprint density at radius 1 is 0.947 bits per heavy atom. The molecule has 0 amide bonds. The quantitative estimate of drug-likeness (QED) is 0.0494. The second-order valence-corrected chi connectivity index (χ2v) is 23.5. The summed E-state index contributed by atoms with van der Waals surface area (Å²) < 4.78 is 5.56. The van der Waals surface area contributed by atoms with Crippen molar-refractivity contribution in [3.63, 3.8) is 0 Å². The van der Waals surface area contributed by atoms with Gasteiger partial charge < -0.3 is 62.0 Å². The number of aromatic hydroxyl groups is 1. The molecule has 1 saturated heterocycles. The molecule has 3 aromatic carbocycles. The maximum absolute atomic E-state index is 15.0. The van der Waals surface area contributed by atoms with E-state index in [2.05, 4.69) is 82.2 Å². The fourth-order valence-electron chi connectivity index (χ4n) is 16.3. The lowest BCUT2D eigenvalue weighted by Crippen LogP contribution is -2.65. The molecule has 1 spiro atoms. The summed E-state index contributed by atoms with van der Waals surface area (Å²) in [4.78, 5) is 32.0.